The highest BCUT2D eigenvalue weighted by molar-refractivity contribution is 6.09. The van der Waals surface area contributed by atoms with E-state index in [1.807, 2.05) is 36.4 Å². The molecule has 148 valence electrons. The number of rotatable bonds is 7. The highest BCUT2D eigenvalue weighted by Gasteiger charge is 2.18. The number of methoxy groups -OCH3 is 3. The van der Waals surface area contributed by atoms with E-state index in [1.54, 1.807) is 50.9 Å². The van der Waals surface area contributed by atoms with Crippen LogP contribution in [0.5, 0.6) is 17.2 Å². The molecule has 1 N–H and O–H groups in total. The van der Waals surface area contributed by atoms with Crippen LogP contribution in [0, 0.1) is 0 Å². The number of pyridine rings is 1. The Kier molecular flexibility index (Phi) is 6.47. The van der Waals surface area contributed by atoms with Crippen molar-refractivity contribution in [1.82, 2.24) is 4.98 Å². The Labute approximate surface area is 169 Å². The van der Waals surface area contributed by atoms with Crippen LogP contribution in [0.15, 0.2) is 60.9 Å². The number of carbonyl (C=O) groups excluding carboxylic acids is 1. The summed E-state index contributed by atoms with van der Waals surface area (Å²) in [5.74, 6) is 1.49. The Morgan fingerprint density at radius 3 is 2.31 bits per heavy atom. The fourth-order valence-corrected chi connectivity index (χ4v) is 2.80. The van der Waals surface area contributed by atoms with Crippen molar-refractivity contribution >= 4 is 23.7 Å². The van der Waals surface area contributed by atoms with Gasteiger partial charge in [-0.25, -0.2) is 0 Å². The van der Waals surface area contributed by atoms with Crippen LogP contribution in [0.4, 0.5) is 5.69 Å². The van der Waals surface area contributed by atoms with Crippen LogP contribution in [0.2, 0.25) is 0 Å². The molecule has 0 unspecified atom stereocenters. The molecule has 0 atom stereocenters. The second kappa shape index (κ2) is 9.41. The van der Waals surface area contributed by atoms with Gasteiger partial charge in [0.05, 0.1) is 38.8 Å². The minimum atomic E-state index is -0.299. The van der Waals surface area contributed by atoms with Crippen molar-refractivity contribution < 1.29 is 19.0 Å². The van der Waals surface area contributed by atoms with E-state index >= 15 is 0 Å². The summed E-state index contributed by atoms with van der Waals surface area (Å²) >= 11 is 0. The molecule has 0 fully saturated rings. The quantitative estimate of drug-likeness (QED) is 0.600. The van der Waals surface area contributed by atoms with Crippen LogP contribution in [-0.4, -0.2) is 32.2 Å². The van der Waals surface area contributed by atoms with Gasteiger partial charge in [0.2, 0.25) is 0 Å². The molecule has 29 heavy (non-hydrogen) atoms. The first kappa shape index (κ1) is 19.9. The van der Waals surface area contributed by atoms with Crippen LogP contribution in [0.1, 0.15) is 21.5 Å². The molecule has 0 bridgehead atoms. The summed E-state index contributed by atoms with van der Waals surface area (Å²) in [6.45, 7) is 0. The summed E-state index contributed by atoms with van der Waals surface area (Å²) in [5.41, 5.74) is 2.63. The van der Waals surface area contributed by atoms with Gasteiger partial charge >= 0.3 is 0 Å². The van der Waals surface area contributed by atoms with Gasteiger partial charge in [0, 0.05) is 12.3 Å². The number of aromatic nitrogens is 1. The maximum Gasteiger partial charge on any atom is 0.260 e. The molecule has 2 aromatic carbocycles. The van der Waals surface area contributed by atoms with Gasteiger partial charge in [-0.1, -0.05) is 24.3 Å². The van der Waals surface area contributed by atoms with E-state index < -0.39 is 0 Å². The molecule has 0 aliphatic carbocycles. The lowest BCUT2D eigenvalue weighted by atomic mass is 10.0. The van der Waals surface area contributed by atoms with Gasteiger partial charge in [-0.15, -0.1) is 0 Å². The molecule has 1 aromatic heterocycles. The van der Waals surface area contributed by atoms with Gasteiger partial charge in [-0.3, -0.25) is 9.78 Å². The monoisotopic (exact) mass is 390 g/mol. The van der Waals surface area contributed by atoms with Crippen LogP contribution >= 0.6 is 0 Å². The van der Waals surface area contributed by atoms with E-state index in [2.05, 4.69) is 10.3 Å². The standard InChI is InChI=1S/C23H22N2O4/c1-27-19-10-7-16(8-11-19)6-9-17-13-20(28-2)14-21(29-3)22(17)23(26)25-18-5-4-12-24-15-18/h4-15H,1-3H3,(H,25,26)/b9-6+. The second-order valence-electron chi connectivity index (χ2n) is 6.10. The lowest BCUT2D eigenvalue weighted by Gasteiger charge is -2.14. The van der Waals surface area contributed by atoms with Gasteiger partial charge in [-0.2, -0.15) is 0 Å². The number of amides is 1. The third-order valence-corrected chi connectivity index (χ3v) is 4.28. The summed E-state index contributed by atoms with van der Waals surface area (Å²) in [6, 6.07) is 14.6. The maximum atomic E-state index is 13.0. The van der Waals surface area contributed by atoms with E-state index in [9.17, 15) is 4.79 Å². The lowest BCUT2D eigenvalue weighted by Crippen LogP contribution is -2.15. The van der Waals surface area contributed by atoms with Crippen molar-refractivity contribution in [2.75, 3.05) is 26.6 Å². The number of benzene rings is 2. The predicted octanol–water partition coefficient (Wildman–Crippen LogP) is 4.53. The molecule has 3 rings (SSSR count). The average molecular weight is 390 g/mol. The summed E-state index contributed by atoms with van der Waals surface area (Å²) in [5, 5.41) is 2.85. The van der Waals surface area contributed by atoms with E-state index in [1.165, 1.54) is 7.11 Å². The highest BCUT2D eigenvalue weighted by Crippen LogP contribution is 2.31. The number of hydrogen-bond donors (Lipinski definition) is 1. The molecule has 3 aromatic rings. The normalized spacial score (nSPS) is 10.6. The van der Waals surface area contributed by atoms with Crippen LogP contribution in [0.25, 0.3) is 12.2 Å². The van der Waals surface area contributed by atoms with Gasteiger partial charge < -0.3 is 19.5 Å². The zero-order valence-electron chi connectivity index (χ0n) is 16.5. The van der Waals surface area contributed by atoms with Crippen molar-refractivity contribution in [1.29, 1.82) is 0 Å². The van der Waals surface area contributed by atoms with E-state index in [4.69, 9.17) is 14.2 Å². The molecule has 1 amide bonds. The molecule has 0 saturated carbocycles. The smallest absolute Gasteiger partial charge is 0.260 e. The van der Waals surface area contributed by atoms with Gasteiger partial charge in [0.25, 0.3) is 5.91 Å². The lowest BCUT2D eigenvalue weighted by molar-refractivity contribution is 0.102. The number of anilines is 1. The fourth-order valence-electron chi connectivity index (χ4n) is 2.80. The first-order chi connectivity index (χ1) is 14.1. The van der Waals surface area contributed by atoms with Gasteiger partial charge in [-0.05, 0) is 41.5 Å². The second-order valence-corrected chi connectivity index (χ2v) is 6.10. The Bertz CT molecular complexity index is 999. The first-order valence-electron chi connectivity index (χ1n) is 8.94. The molecular formula is C23H22N2O4. The third kappa shape index (κ3) is 4.93. The Morgan fingerprint density at radius 1 is 0.931 bits per heavy atom. The van der Waals surface area contributed by atoms with Crippen molar-refractivity contribution in [3.05, 3.63) is 77.6 Å². The Hall–Kier alpha value is -3.80. The number of hydrogen-bond acceptors (Lipinski definition) is 5. The molecule has 0 radical (unpaired) electrons. The minimum absolute atomic E-state index is 0.299. The van der Waals surface area contributed by atoms with Crippen LogP contribution in [-0.2, 0) is 0 Å². The summed E-state index contributed by atoms with van der Waals surface area (Å²) < 4.78 is 16.0. The first-order valence-corrected chi connectivity index (χ1v) is 8.94. The van der Waals surface area contributed by atoms with Gasteiger partial charge in [0.1, 0.15) is 17.2 Å². The fraction of sp³-hybridized carbons (Fsp3) is 0.130. The van der Waals surface area contributed by atoms with Crippen molar-refractivity contribution in [2.24, 2.45) is 0 Å². The number of nitrogens with zero attached hydrogens (tertiary/aromatic N) is 1. The average Bonchev–Trinajstić information content (AvgIpc) is 2.77. The molecular weight excluding hydrogens is 368 g/mol. The largest absolute Gasteiger partial charge is 0.497 e. The summed E-state index contributed by atoms with van der Waals surface area (Å²) in [6.07, 6.45) is 6.99. The van der Waals surface area contributed by atoms with Gasteiger partial charge in [0.15, 0.2) is 0 Å². The van der Waals surface area contributed by atoms with Crippen molar-refractivity contribution in [2.45, 2.75) is 0 Å². The van der Waals surface area contributed by atoms with E-state index in [-0.39, 0.29) is 5.91 Å². The Morgan fingerprint density at radius 2 is 1.69 bits per heavy atom. The maximum absolute atomic E-state index is 13.0. The zero-order valence-corrected chi connectivity index (χ0v) is 16.5. The minimum Gasteiger partial charge on any atom is -0.497 e. The SMILES string of the molecule is COc1ccc(/C=C/c2cc(OC)cc(OC)c2C(=O)Nc2cccnc2)cc1. The summed E-state index contributed by atoms with van der Waals surface area (Å²) in [7, 11) is 4.72. The number of carbonyl (C=O) groups is 1. The number of nitrogens with one attached hydrogen (secondary N) is 1. The zero-order chi connectivity index (χ0) is 20.6. The van der Waals surface area contributed by atoms with Crippen LogP contribution in [0.3, 0.4) is 0 Å². The molecule has 0 aliphatic rings. The van der Waals surface area contributed by atoms with E-state index in [0.29, 0.717) is 28.3 Å². The molecule has 6 heteroatoms. The van der Waals surface area contributed by atoms with Crippen molar-refractivity contribution in [3.63, 3.8) is 0 Å². The topological polar surface area (TPSA) is 69.7 Å². The number of ether oxygens (including phenoxy) is 3. The highest BCUT2D eigenvalue weighted by atomic mass is 16.5. The third-order valence-electron chi connectivity index (χ3n) is 4.28. The van der Waals surface area contributed by atoms with E-state index in [0.717, 1.165) is 11.3 Å². The molecule has 6 nitrogen and oxygen atoms in total. The predicted molar refractivity (Wildman–Crippen MR) is 114 cm³/mol. The molecule has 0 aliphatic heterocycles. The summed E-state index contributed by atoms with van der Waals surface area (Å²) in [4.78, 5) is 17.0. The van der Waals surface area contributed by atoms with Crippen LogP contribution < -0.4 is 19.5 Å². The molecule has 0 spiro atoms. The van der Waals surface area contributed by atoms with Crippen molar-refractivity contribution in [3.8, 4) is 17.2 Å². The molecule has 0 saturated heterocycles. The Balaban J connectivity index is 1.99. The molecule has 1 heterocycles.